The molecule has 0 amide bonds. The van der Waals surface area contributed by atoms with Gasteiger partial charge in [-0.3, -0.25) is 0 Å². The number of rotatable bonds is 6. The second kappa shape index (κ2) is 6.55. The predicted octanol–water partition coefficient (Wildman–Crippen LogP) is 2.48. The fourth-order valence-electron chi connectivity index (χ4n) is 1.60. The maximum atomic E-state index is 9.65. The van der Waals surface area contributed by atoms with Crippen LogP contribution in [0.5, 0.6) is 0 Å². The Bertz CT molecular complexity index is 353. The average Bonchev–Trinajstić information content (AvgIpc) is 2.26. The van der Waals surface area contributed by atoms with Crippen molar-refractivity contribution in [3.8, 4) is 0 Å². The fraction of sp³-hybridized carbons (Fsp3) is 0.692. The number of aliphatic hydroxyl groups excluding tert-OH is 1. The summed E-state index contributed by atoms with van der Waals surface area (Å²) in [4.78, 5) is 8.82. The third-order valence-corrected chi connectivity index (χ3v) is 2.53. The van der Waals surface area contributed by atoms with E-state index in [0.29, 0.717) is 12.5 Å². The number of aryl methyl sites for hydroxylation is 1. The molecule has 0 spiro atoms. The largest absolute Gasteiger partial charge is 0.391 e. The molecule has 0 saturated carbocycles. The van der Waals surface area contributed by atoms with Crippen LogP contribution >= 0.6 is 0 Å². The van der Waals surface area contributed by atoms with Gasteiger partial charge in [-0.05, 0) is 13.3 Å². The molecule has 0 aliphatic carbocycles. The van der Waals surface area contributed by atoms with Gasteiger partial charge in [-0.15, -0.1) is 0 Å². The summed E-state index contributed by atoms with van der Waals surface area (Å²) in [7, 11) is 0. The molecule has 1 unspecified atom stereocenters. The molecule has 0 aliphatic heterocycles. The van der Waals surface area contributed by atoms with Crippen molar-refractivity contribution in [2.75, 3.05) is 11.9 Å². The first-order valence-electron chi connectivity index (χ1n) is 6.30. The normalized spacial score (nSPS) is 12.8. The second-order valence-corrected chi connectivity index (χ2v) is 4.73. The van der Waals surface area contributed by atoms with E-state index < -0.39 is 0 Å². The number of aromatic nitrogens is 2. The summed E-state index contributed by atoms with van der Waals surface area (Å²) < 4.78 is 0. The van der Waals surface area contributed by atoms with Crippen LogP contribution in [-0.2, 0) is 0 Å². The molecule has 2 N–H and O–H groups in total. The molecular weight excluding hydrogens is 214 g/mol. The van der Waals surface area contributed by atoms with Crippen LogP contribution in [0.1, 0.15) is 51.0 Å². The average molecular weight is 237 g/mol. The highest BCUT2D eigenvalue weighted by atomic mass is 16.3. The standard InChI is InChI=1S/C13H23N3O/c1-5-6-11(17)8-14-12-7-10(4)15-13(16-12)9(2)3/h7,9,11,17H,5-6,8H2,1-4H3,(H,14,15,16). The van der Waals surface area contributed by atoms with Crippen LogP contribution in [0.15, 0.2) is 6.07 Å². The minimum absolute atomic E-state index is 0.308. The lowest BCUT2D eigenvalue weighted by molar-refractivity contribution is 0.176. The second-order valence-electron chi connectivity index (χ2n) is 4.73. The van der Waals surface area contributed by atoms with Crippen LogP contribution < -0.4 is 5.32 Å². The van der Waals surface area contributed by atoms with Gasteiger partial charge in [-0.1, -0.05) is 27.2 Å². The Kier molecular flexibility index (Phi) is 5.35. The summed E-state index contributed by atoms with van der Waals surface area (Å²) in [6.45, 7) is 8.72. The van der Waals surface area contributed by atoms with Gasteiger partial charge in [0.15, 0.2) is 0 Å². The zero-order chi connectivity index (χ0) is 12.8. The first-order valence-corrected chi connectivity index (χ1v) is 6.30. The first kappa shape index (κ1) is 13.9. The molecule has 0 saturated heterocycles. The molecule has 0 fully saturated rings. The van der Waals surface area contributed by atoms with E-state index in [1.807, 2.05) is 13.0 Å². The number of nitrogens with one attached hydrogen (secondary N) is 1. The van der Waals surface area contributed by atoms with Crippen molar-refractivity contribution >= 4 is 5.82 Å². The van der Waals surface area contributed by atoms with Crippen molar-refractivity contribution in [2.45, 2.75) is 52.6 Å². The number of nitrogens with zero attached hydrogens (tertiary/aromatic N) is 2. The van der Waals surface area contributed by atoms with E-state index in [1.54, 1.807) is 0 Å². The third kappa shape index (κ3) is 4.69. The van der Waals surface area contributed by atoms with Crippen molar-refractivity contribution in [3.63, 3.8) is 0 Å². The summed E-state index contributed by atoms with van der Waals surface area (Å²) in [5.41, 5.74) is 0.955. The van der Waals surface area contributed by atoms with Gasteiger partial charge < -0.3 is 10.4 Å². The molecule has 1 heterocycles. The quantitative estimate of drug-likeness (QED) is 0.798. The van der Waals surface area contributed by atoms with Crippen molar-refractivity contribution in [3.05, 3.63) is 17.6 Å². The maximum Gasteiger partial charge on any atom is 0.133 e. The zero-order valence-electron chi connectivity index (χ0n) is 11.2. The Hall–Kier alpha value is -1.16. The van der Waals surface area contributed by atoms with Crippen molar-refractivity contribution < 1.29 is 5.11 Å². The van der Waals surface area contributed by atoms with Gasteiger partial charge in [0.25, 0.3) is 0 Å². The van der Waals surface area contributed by atoms with Gasteiger partial charge in [0, 0.05) is 24.2 Å². The van der Waals surface area contributed by atoms with Crippen molar-refractivity contribution in [1.82, 2.24) is 9.97 Å². The lowest BCUT2D eigenvalue weighted by Gasteiger charge is -2.13. The molecule has 0 aromatic carbocycles. The molecule has 96 valence electrons. The van der Waals surface area contributed by atoms with Gasteiger partial charge in [-0.2, -0.15) is 0 Å². The van der Waals surface area contributed by atoms with E-state index in [-0.39, 0.29) is 6.10 Å². The molecule has 1 aromatic rings. The van der Waals surface area contributed by atoms with Gasteiger partial charge >= 0.3 is 0 Å². The molecule has 4 nitrogen and oxygen atoms in total. The summed E-state index contributed by atoms with van der Waals surface area (Å²) >= 11 is 0. The number of hydrogen-bond acceptors (Lipinski definition) is 4. The Morgan fingerprint density at radius 2 is 2.06 bits per heavy atom. The number of anilines is 1. The summed E-state index contributed by atoms with van der Waals surface area (Å²) in [6, 6.07) is 1.91. The van der Waals surface area contributed by atoms with E-state index in [1.165, 1.54) is 0 Å². The highest BCUT2D eigenvalue weighted by Gasteiger charge is 2.07. The lowest BCUT2D eigenvalue weighted by Crippen LogP contribution is -2.20. The van der Waals surface area contributed by atoms with Gasteiger partial charge in [-0.25, -0.2) is 9.97 Å². The Morgan fingerprint density at radius 1 is 1.35 bits per heavy atom. The molecule has 1 atom stereocenters. The smallest absolute Gasteiger partial charge is 0.133 e. The predicted molar refractivity (Wildman–Crippen MR) is 70.3 cm³/mol. The minimum Gasteiger partial charge on any atom is -0.391 e. The van der Waals surface area contributed by atoms with Crippen LogP contribution in [0.2, 0.25) is 0 Å². The van der Waals surface area contributed by atoms with Crippen molar-refractivity contribution in [2.24, 2.45) is 0 Å². The fourth-order valence-corrected chi connectivity index (χ4v) is 1.60. The highest BCUT2D eigenvalue weighted by molar-refractivity contribution is 5.36. The van der Waals surface area contributed by atoms with Crippen LogP contribution in [0.4, 0.5) is 5.82 Å². The summed E-state index contributed by atoms with van der Waals surface area (Å²) in [5.74, 6) is 1.96. The Morgan fingerprint density at radius 3 is 2.65 bits per heavy atom. The first-order chi connectivity index (χ1) is 8.02. The van der Waals surface area contributed by atoms with Crippen LogP contribution in [-0.4, -0.2) is 27.7 Å². The molecule has 0 aliphatic rings. The van der Waals surface area contributed by atoms with E-state index in [0.717, 1.165) is 30.2 Å². The van der Waals surface area contributed by atoms with Crippen LogP contribution in [0, 0.1) is 6.92 Å². The van der Waals surface area contributed by atoms with E-state index in [9.17, 15) is 5.11 Å². The van der Waals surface area contributed by atoms with E-state index in [2.05, 4.69) is 36.1 Å². The third-order valence-electron chi connectivity index (χ3n) is 2.53. The molecule has 1 aromatic heterocycles. The molecule has 0 radical (unpaired) electrons. The summed E-state index contributed by atoms with van der Waals surface area (Å²) in [5, 5.41) is 12.8. The maximum absolute atomic E-state index is 9.65. The highest BCUT2D eigenvalue weighted by Crippen LogP contribution is 2.13. The minimum atomic E-state index is -0.308. The number of hydrogen-bond donors (Lipinski definition) is 2. The molecule has 17 heavy (non-hydrogen) atoms. The zero-order valence-corrected chi connectivity index (χ0v) is 11.2. The monoisotopic (exact) mass is 237 g/mol. The Balaban J connectivity index is 2.64. The Labute approximate surface area is 103 Å². The molecule has 4 heteroatoms. The molecule has 0 bridgehead atoms. The van der Waals surface area contributed by atoms with Gasteiger partial charge in [0.05, 0.1) is 6.10 Å². The van der Waals surface area contributed by atoms with E-state index in [4.69, 9.17) is 0 Å². The van der Waals surface area contributed by atoms with Gasteiger partial charge in [0.1, 0.15) is 11.6 Å². The van der Waals surface area contributed by atoms with Crippen LogP contribution in [0.25, 0.3) is 0 Å². The van der Waals surface area contributed by atoms with Gasteiger partial charge in [0.2, 0.25) is 0 Å². The summed E-state index contributed by atoms with van der Waals surface area (Å²) in [6.07, 6.45) is 1.49. The SMILES string of the molecule is CCCC(O)CNc1cc(C)nc(C(C)C)n1. The van der Waals surface area contributed by atoms with Crippen LogP contribution in [0.3, 0.4) is 0 Å². The molecule has 1 rings (SSSR count). The van der Waals surface area contributed by atoms with Crippen molar-refractivity contribution in [1.29, 1.82) is 0 Å². The van der Waals surface area contributed by atoms with E-state index >= 15 is 0 Å². The molecular formula is C13H23N3O. The topological polar surface area (TPSA) is 58.0 Å². The number of aliphatic hydroxyl groups is 1. The lowest BCUT2D eigenvalue weighted by atomic mass is 10.2.